The summed E-state index contributed by atoms with van der Waals surface area (Å²) in [6.07, 6.45) is 2.07. The van der Waals surface area contributed by atoms with Crippen LogP contribution < -0.4 is 15.5 Å². The van der Waals surface area contributed by atoms with Crippen LogP contribution >= 0.6 is 0 Å². The van der Waals surface area contributed by atoms with Crippen molar-refractivity contribution in [2.75, 3.05) is 23.3 Å². The maximum atomic E-state index is 13.5. The van der Waals surface area contributed by atoms with E-state index in [0.29, 0.717) is 17.2 Å². The molecular formula is C27H27F2N3O2. The first kappa shape index (κ1) is 23.4. The molecule has 176 valence electrons. The van der Waals surface area contributed by atoms with E-state index in [2.05, 4.69) is 22.5 Å². The van der Waals surface area contributed by atoms with E-state index in [0.717, 1.165) is 43.2 Å². The number of hydrogen-bond donors (Lipinski definition) is 2. The molecule has 0 spiro atoms. The number of hydrogen-bond acceptors (Lipinski definition) is 3. The van der Waals surface area contributed by atoms with Gasteiger partial charge < -0.3 is 15.5 Å². The van der Waals surface area contributed by atoms with E-state index in [1.165, 1.54) is 30.3 Å². The minimum Gasteiger partial charge on any atom is -0.371 e. The van der Waals surface area contributed by atoms with Crippen LogP contribution in [0.5, 0.6) is 0 Å². The van der Waals surface area contributed by atoms with Crippen molar-refractivity contribution in [3.63, 3.8) is 0 Å². The zero-order chi connectivity index (χ0) is 24.1. The van der Waals surface area contributed by atoms with E-state index >= 15 is 0 Å². The molecule has 0 aromatic heterocycles. The molecule has 1 heterocycles. The Bertz CT molecular complexity index is 1170. The zero-order valence-electron chi connectivity index (χ0n) is 19.0. The minimum atomic E-state index is -0.497. The van der Waals surface area contributed by atoms with Gasteiger partial charge in [-0.2, -0.15) is 0 Å². The summed E-state index contributed by atoms with van der Waals surface area (Å²) in [7, 11) is 0. The average molecular weight is 464 g/mol. The van der Waals surface area contributed by atoms with Crippen LogP contribution in [0.4, 0.5) is 20.2 Å². The topological polar surface area (TPSA) is 61.4 Å². The Labute approximate surface area is 197 Å². The molecule has 0 radical (unpaired) electrons. The first-order valence-corrected chi connectivity index (χ1v) is 11.4. The molecule has 3 aromatic carbocycles. The van der Waals surface area contributed by atoms with Gasteiger partial charge in [0.2, 0.25) is 0 Å². The van der Waals surface area contributed by atoms with Gasteiger partial charge in [-0.3, -0.25) is 9.59 Å². The van der Waals surface area contributed by atoms with Crippen LogP contribution in [0.2, 0.25) is 0 Å². The Kier molecular flexibility index (Phi) is 7.21. The zero-order valence-corrected chi connectivity index (χ0v) is 19.0. The van der Waals surface area contributed by atoms with Gasteiger partial charge in [0.1, 0.15) is 11.6 Å². The molecule has 0 saturated carbocycles. The monoisotopic (exact) mass is 463 g/mol. The van der Waals surface area contributed by atoms with Crippen LogP contribution in [-0.2, 0) is 6.54 Å². The van der Waals surface area contributed by atoms with Crippen molar-refractivity contribution in [1.29, 1.82) is 0 Å². The molecule has 0 unspecified atom stereocenters. The lowest BCUT2D eigenvalue weighted by atomic mass is 9.97. The quantitative estimate of drug-likeness (QED) is 0.516. The van der Waals surface area contributed by atoms with E-state index < -0.39 is 11.7 Å². The highest BCUT2D eigenvalue weighted by Gasteiger charge is 2.22. The molecule has 2 N–H and O–H groups in total. The Hall–Kier alpha value is -3.74. The normalized spacial score (nSPS) is 14.0. The third-order valence-electron chi connectivity index (χ3n) is 6.08. The molecule has 0 aliphatic carbocycles. The number of nitrogens with one attached hydrogen (secondary N) is 2. The molecule has 4 rings (SSSR count). The summed E-state index contributed by atoms with van der Waals surface area (Å²) >= 11 is 0. The number of amides is 2. The smallest absolute Gasteiger partial charge is 0.255 e. The molecular weight excluding hydrogens is 436 g/mol. The molecule has 0 bridgehead atoms. The molecule has 3 aromatic rings. The Morgan fingerprint density at radius 3 is 2.35 bits per heavy atom. The van der Waals surface area contributed by atoms with E-state index in [-0.39, 0.29) is 23.8 Å². The van der Waals surface area contributed by atoms with Gasteiger partial charge >= 0.3 is 0 Å². The van der Waals surface area contributed by atoms with Gasteiger partial charge in [0.15, 0.2) is 0 Å². The number of halogens is 2. The van der Waals surface area contributed by atoms with Gasteiger partial charge in [-0.05, 0) is 72.9 Å². The van der Waals surface area contributed by atoms with Gasteiger partial charge in [-0.1, -0.05) is 25.1 Å². The largest absolute Gasteiger partial charge is 0.371 e. The Morgan fingerprint density at radius 2 is 1.65 bits per heavy atom. The Morgan fingerprint density at radius 1 is 0.912 bits per heavy atom. The highest BCUT2D eigenvalue weighted by Crippen LogP contribution is 2.29. The summed E-state index contributed by atoms with van der Waals surface area (Å²) in [5.41, 5.74) is 2.64. The highest BCUT2D eigenvalue weighted by atomic mass is 19.1. The van der Waals surface area contributed by atoms with Gasteiger partial charge in [0.05, 0.1) is 5.56 Å². The first-order valence-electron chi connectivity index (χ1n) is 11.4. The number of carbonyl (C=O) groups is 2. The van der Waals surface area contributed by atoms with E-state index in [1.54, 1.807) is 24.3 Å². The molecule has 2 amide bonds. The van der Waals surface area contributed by atoms with Crippen molar-refractivity contribution >= 4 is 23.2 Å². The standard InChI is InChI=1S/C27H27F2N3O2/c1-18-11-13-32(14-12-18)25-10-9-23(31-26(33)20-3-2-4-22(29)15-20)16-24(25)27(34)30-17-19-5-7-21(28)8-6-19/h2-10,15-16,18H,11-14,17H2,1H3,(H,30,34)(H,31,33). The predicted molar refractivity (Wildman–Crippen MR) is 129 cm³/mol. The van der Waals surface area contributed by atoms with Crippen LogP contribution in [0.15, 0.2) is 66.7 Å². The minimum absolute atomic E-state index is 0.191. The summed E-state index contributed by atoms with van der Waals surface area (Å²) in [5, 5.41) is 5.64. The number of piperidine rings is 1. The molecule has 5 nitrogen and oxygen atoms in total. The van der Waals surface area contributed by atoms with Crippen LogP contribution in [-0.4, -0.2) is 24.9 Å². The van der Waals surface area contributed by atoms with Gasteiger partial charge in [0.25, 0.3) is 11.8 Å². The van der Waals surface area contributed by atoms with E-state index in [1.807, 2.05) is 6.07 Å². The third-order valence-corrected chi connectivity index (χ3v) is 6.08. The average Bonchev–Trinajstić information content (AvgIpc) is 2.84. The second kappa shape index (κ2) is 10.5. The van der Waals surface area contributed by atoms with Crippen molar-refractivity contribution in [1.82, 2.24) is 5.32 Å². The van der Waals surface area contributed by atoms with Crippen LogP contribution in [0.25, 0.3) is 0 Å². The van der Waals surface area contributed by atoms with E-state index in [9.17, 15) is 18.4 Å². The van der Waals surface area contributed by atoms with Crippen LogP contribution in [0.3, 0.4) is 0 Å². The predicted octanol–water partition coefficient (Wildman–Crippen LogP) is 5.38. The number of benzene rings is 3. The molecule has 1 aliphatic heterocycles. The third kappa shape index (κ3) is 5.78. The highest BCUT2D eigenvalue weighted by molar-refractivity contribution is 6.06. The van der Waals surface area contributed by atoms with E-state index in [4.69, 9.17) is 0 Å². The number of rotatable bonds is 6. The summed E-state index contributed by atoms with van der Waals surface area (Å²) < 4.78 is 26.7. The van der Waals surface area contributed by atoms with Crippen molar-refractivity contribution in [3.8, 4) is 0 Å². The molecule has 1 fully saturated rings. The number of nitrogens with zero attached hydrogens (tertiary/aromatic N) is 1. The molecule has 34 heavy (non-hydrogen) atoms. The fourth-order valence-electron chi connectivity index (χ4n) is 4.03. The summed E-state index contributed by atoms with van der Waals surface area (Å²) in [6, 6.07) is 16.6. The lowest BCUT2D eigenvalue weighted by molar-refractivity contribution is 0.0950. The van der Waals surface area contributed by atoms with Crippen LogP contribution in [0.1, 0.15) is 46.0 Å². The second-order valence-electron chi connectivity index (χ2n) is 8.68. The maximum absolute atomic E-state index is 13.5. The summed E-state index contributed by atoms with van der Waals surface area (Å²) in [4.78, 5) is 28.0. The maximum Gasteiger partial charge on any atom is 0.255 e. The Balaban J connectivity index is 1.56. The number of anilines is 2. The second-order valence-corrected chi connectivity index (χ2v) is 8.68. The fourth-order valence-corrected chi connectivity index (χ4v) is 4.03. The van der Waals surface area contributed by atoms with Gasteiger partial charge in [0, 0.05) is 36.6 Å². The van der Waals surface area contributed by atoms with Crippen molar-refractivity contribution in [3.05, 3.63) is 95.1 Å². The van der Waals surface area contributed by atoms with Gasteiger partial charge in [-0.25, -0.2) is 8.78 Å². The first-order chi connectivity index (χ1) is 16.4. The molecule has 1 saturated heterocycles. The molecule has 0 atom stereocenters. The molecule has 1 aliphatic rings. The fraction of sp³-hybridized carbons (Fsp3) is 0.259. The van der Waals surface area contributed by atoms with Crippen molar-refractivity contribution < 1.29 is 18.4 Å². The number of carbonyl (C=O) groups excluding carboxylic acids is 2. The lowest BCUT2D eigenvalue weighted by Gasteiger charge is -2.33. The van der Waals surface area contributed by atoms with Crippen molar-refractivity contribution in [2.24, 2.45) is 5.92 Å². The van der Waals surface area contributed by atoms with Crippen molar-refractivity contribution in [2.45, 2.75) is 26.3 Å². The summed E-state index contributed by atoms with van der Waals surface area (Å²) in [6.45, 7) is 4.15. The summed E-state index contributed by atoms with van der Waals surface area (Å²) in [5.74, 6) is -0.949. The lowest BCUT2D eigenvalue weighted by Crippen LogP contribution is -2.35. The molecule has 7 heteroatoms. The van der Waals surface area contributed by atoms with Gasteiger partial charge in [-0.15, -0.1) is 0 Å². The van der Waals surface area contributed by atoms with Crippen LogP contribution in [0, 0.1) is 17.6 Å². The SMILES string of the molecule is CC1CCN(c2ccc(NC(=O)c3cccc(F)c3)cc2C(=O)NCc2ccc(F)cc2)CC1.